The quantitative estimate of drug-likeness (QED) is 0.729. The topological polar surface area (TPSA) is 46.5 Å². The summed E-state index contributed by atoms with van der Waals surface area (Å²) < 4.78 is 5.65. The Morgan fingerprint density at radius 1 is 1.25 bits per heavy atom. The highest BCUT2D eigenvalue weighted by Crippen LogP contribution is 2.30. The molecule has 16 heavy (non-hydrogen) atoms. The molecule has 0 saturated heterocycles. The monoisotopic (exact) mass is 230 g/mol. The maximum atomic E-state index is 10.6. The van der Waals surface area contributed by atoms with Gasteiger partial charge in [0.15, 0.2) is 0 Å². The minimum Gasteiger partial charge on any atom is -0.481 e. The van der Waals surface area contributed by atoms with Crippen molar-refractivity contribution >= 4 is 5.97 Å². The normalized spacial score (nSPS) is 13.2. The Kier molecular flexibility index (Phi) is 5.47. The van der Waals surface area contributed by atoms with Gasteiger partial charge in [-0.05, 0) is 31.6 Å². The predicted molar refractivity (Wildman–Crippen MR) is 65.5 cm³/mol. The van der Waals surface area contributed by atoms with Crippen LogP contribution in [0, 0.1) is 11.3 Å². The maximum absolute atomic E-state index is 10.6. The molecular weight excluding hydrogens is 204 g/mol. The second kappa shape index (κ2) is 5.67. The fraction of sp³-hybridized carbons (Fsp3) is 0.923. The highest BCUT2D eigenvalue weighted by molar-refractivity contribution is 5.67. The van der Waals surface area contributed by atoms with Gasteiger partial charge >= 0.3 is 5.97 Å². The molecule has 0 aliphatic carbocycles. The fourth-order valence-electron chi connectivity index (χ4n) is 1.29. The van der Waals surface area contributed by atoms with Crippen molar-refractivity contribution in [1.82, 2.24) is 0 Å². The van der Waals surface area contributed by atoms with E-state index in [1.807, 2.05) is 13.8 Å². The number of hydrogen-bond donors (Lipinski definition) is 1. The summed E-state index contributed by atoms with van der Waals surface area (Å²) in [4.78, 5) is 10.6. The Hall–Kier alpha value is -0.570. The summed E-state index contributed by atoms with van der Waals surface area (Å²) in [7, 11) is 0. The van der Waals surface area contributed by atoms with Crippen LogP contribution in [0.2, 0.25) is 0 Å². The van der Waals surface area contributed by atoms with E-state index in [4.69, 9.17) is 9.84 Å². The second-order valence-corrected chi connectivity index (χ2v) is 6.07. The third-order valence-corrected chi connectivity index (χ3v) is 3.38. The van der Waals surface area contributed by atoms with Gasteiger partial charge in [0.1, 0.15) is 0 Å². The number of rotatable bonds is 7. The molecule has 0 fully saturated rings. The average Bonchev–Trinajstić information content (AvgIpc) is 1.99. The maximum Gasteiger partial charge on any atom is 0.306 e. The highest BCUT2D eigenvalue weighted by atomic mass is 16.5. The Morgan fingerprint density at radius 3 is 2.12 bits per heavy atom. The molecule has 96 valence electrons. The molecule has 0 saturated carbocycles. The molecule has 0 bridgehead atoms. The van der Waals surface area contributed by atoms with E-state index in [2.05, 4.69) is 27.7 Å². The van der Waals surface area contributed by atoms with Gasteiger partial charge in [-0.25, -0.2) is 0 Å². The number of aliphatic carboxylic acids is 1. The van der Waals surface area contributed by atoms with Crippen LogP contribution in [-0.4, -0.2) is 23.3 Å². The van der Waals surface area contributed by atoms with Gasteiger partial charge in [-0.15, -0.1) is 0 Å². The standard InChI is InChI=1S/C13H26O3/c1-10(2)12(3,4)7-8-16-13(5,6)9-11(14)15/h10H,7-9H2,1-6H3,(H,14,15). The molecule has 0 atom stereocenters. The molecule has 3 heteroatoms. The molecule has 0 heterocycles. The minimum absolute atomic E-state index is 0.0507. The molecule has 1 N–H and O–H groups in total. The van der Waals surface area contributed by atoms with Crippen LogP contribution in [0.3, 0.4) is 0 Å². The smallest absolute Gasteiger partial charge is 0.306 e. The van der Waals surface area contributed by atoms with Crippen molar-refractivity contribution < 1.29 is 14.6 Å². The van der Waals surface area contributed by atoms with Crippen molar-refractivity contribution in [1.29, 1.82) is 0 Å². The summed E-state index contributed by atoms with van der Waals surface area (Å²) in [5.74, 6) is -0.216. The molecule has 0 aromatic rings. The molecule has 0 rings (SSSR count). The first-order chi connectivity index (χ1) is 7.07. The average molecular weight is 230 g/mol. The Balaban J connectivity index is 4.02. The summed E-state index contributed by atoms with van der Waals surface area (Å²) in [6.45, 7) is 13.1. The lowest BCUT2D eigenvalue weighted by molar-refractivity contribution is -0.144. The van der Waals surface area contributed by atoms with Gasteiger partial charge in [0.05, 0.1) is 12.0 Å². The van der Waals surface area contributed by atoms with Crippen LogP contribution in [0.15, 0.2) is 0 Å². The first-order valence-electron chi connectivity index (χ1n) is 5.92. The van der Waals surface area contributed by atoms with Gasteiger partial charge in [-0.1, -0.05) is 27.7 Å². The molecule has 0 aromatic heterocycles. The highest BCUT2D eigenvalue weighted by Gasteiger charge is 2.26. The van der Waals surface area contributed by atoms with E-state index in [1.54, 1.807) is 0 Å². The Bertz CT molecular complexity index is 229. The third-order valence-electron chi connectivity index (χ3n) is 3.38. The number of hydrogen-bond acceptors (Lipinski definition) is 2. The number of carbonyl (C=O) groups is 1. The van der Waals surface area contributed by atoms with Crippen LogP contribution in [0.1, 0.15) is 54.4 Å². The zero-order chi connectivity index (χ0) is 13.0. The lowest BCUT2D eigenvalue weighted by Gasteiger charge is -2.31. The van der Waals surface area contributed by atoms with Crippen LogP contribution in [0.25, 0.3) is 0 Å². The summed E-state index contributed by atoms with van der Waals surface area (Å²) >= 11 is 0. The van der Waals surface area contributed by atoms with Crippen molar-refractivity contribution in [2.45, 2.75) is 60.0 Å². The van der Waals surface area contributed by atoms with E-state index in [0.29, 0.717) is 12.5 Å². The number of ether oxygens (including phenoxy) is 1. The van der Waals surface area contributed by atoms with Crippen LogP contribution in [0.5, 0.6) is 0 Å². The van der Waals surface area contributed by atoms with Gasteiger partial charge in [-0.3, -0.25) is 4.79 Å². The molecule has 0 amide bonds. The van der Waals surface area contributed by atoms with Crippen molar-refractivity contribution in [3.8, 4) is 0 Å². The van der Waals surface area contributed by atoms with Gasteiger partial charge in [0, 0.05) is 6.61 Å². The summed E-state index contributed by atoms with van der Waals surface area (Å²) in [5, 5.41) is 8.72. The molecule has 0 spiro atoms. The first-order valence-corrected chi connectivity index (χ1v) is 5.92. The van der Waals surface area contributed by atoms with Crippen molar-refractivity contribution in [3.63, 3.8) is 0 Å². The molecule has 0 aromatic carbocycles. The summed E-state index contributed by atoms with van der Waals surface area (Å²) in [6.07, 6.45) is 1.00. The molecule has 0 aliphatic rings. The lowest BCUT2D eigenvalue weighted by atomic mass is 9.78. The van der Waals surface area contributed by atoms with Crippen molar-refractivity contribution in [3.05, 3.63) is 0 Å². The van der Waals surface area contributed by atoms with Gasteiger partial charge in [0.2, 0.25) is 0 Å². The SMILES string of the molecule is CC(C)C(C)(C)CCOC(C)(C)CC(=O)O. The summed E-state index contributed by atoms with van der Waals surface area (Å²) in [6, 6.07) is 0. The van der Waals surface area contributed by atoms with Crippen molar-refractivity contribution in [2.75, 3.05) is 6.61 Å². The summed E-state index contributed by atoms with van der Waals surface area (Å²) in [5.41, 5.74) is -0.335. The fourth-order valence-corrected chi connectivity index (χ4v) is 1.29. The molecule has 0 radical (unpaired) electrons. The number of carboxylic acid groups (broad SMARTS) is 1. The minimum atomic E-state index is -0.812. The van der Waals surface area contributed by atoms with Crippen LogP contribution < -0.4 is 0 Å². The van der Waals surface area contributed by atoms with E-state index in [1.165, 1.54) is 0 Å². The Morgan fingerprint density at radius 2 is 1.75 bits per heavy atom. The molecule has 0 aliphatic heterocycles. The van der Waals surface area contributed by atoms with E-state index in [-0.39, 0.29) is 11.8 Å². The van der Waals surface area contributed by atoms with Crippen LogP contribution in [0.4, 0.5) is 0 Å². The predicted octanol–water partition coefficient (Wildman–Crippen LogP) is 3.33. The van der Waals surface area contributed by atoms with Gasteiger partial charge < -0.3 is 9.84 Å². The molecule has 3 nitrogen and oxygen atoms in total. The molecular formula is C13H26O3. The van der Waals surface area contributed by atoms with E-state index >= 15 is 0 Å². The first kappa shape index (κ1) is 15.4. The largest absolute Gasteiger partial charge is 0.481 e. The molecule has 0 unspecified atom stereocenters. The zero-order valence-corrected chi connectivity index (χ0v) is 11.5. The third kappa shape index (κ3) is 6.11. The van der Waals surface area contributed by atoms with E-state index < -0.39 is 11.6 Å². The van der Waals surface area contributed by atoms with E-state index in [9.17, 15) is 4.79 Å². The van der Waals surface area contributed by atoms with Crippen LogP contribution >= 0.6 is 0 Å². The van der Waals surface area contributed by atoms with Crippen LogP contribution in [-0.2, 0) is 9.53 Å². The lowest BCUT2D eigenvalue weighted by Crippen LogP contribution is -2.30. The van der Waals surface area contributed by atoms with Gasteiger partial charge in [0.25, 0.3) is 0 Å². The Labute approximate surface area is 99.2 Å². The van der Waals surface area contributed by atoms with Crippen molar-refractivity contribution in [2.24, 2.45) is 11.3 Å². The second-order valence-electron chi connectivity index (χ2n) is 6.07. The van der Waals surface area contributed by atoms with E-state index in [0.717, 1.165) is 6.42 Å². The zero-order valence-electron chi connectivity index (χ0n) is 11.5. The number of carboxylic acids is 1. The van der Waals surface area contributed by atoms with Gasteiger partial charge in [-0.2, -0.15) is 0 Å².